The molecule has 0 fully saturated rings. The maximum absolute atomic E-state index is 10.7. The molecule has 0 amide bonds. The quantitative estimate of drug-likeness (QED) is 0.477. The Labute approximate surface area is 140 Å². The molecule has 0 saturated heterocycles. The summed E-state index contributed by atoms with van der Waals surface area (Å²) >= 11 is 0. The standard InChI is InChI=1S/C20H29NO2/c1-3-4-5-6-7-8-12-18-16(2)20(23-15-14-22)17-11-9-10-13-19(17)21-18/h9-11,13-14,18,21H,3-8,12,15H2,1-2H3. The number of rotatable bonds is 10. The fourth-order valence-corrected chi connectivity index (χ4v) is 3.20. The third kappa shape index (κ3) is 4.85. The minimum absolute atomic E-state index is 0.116. The van der Waals surface area contributed by atoms with Gasteiger partial charge in [0.25, 0.3) is 0 Å². The number of ether oxygens (including phenoxy) is 1. The van der Waals surface area contributed by atoms with Crippen LogP contribution in [0.4, 0.5) is 5.69 Å². The summed E-state index contributed by atoms with van der Waals surface area (Å²) in [6.07, 6.45) is 9.75. The Hall–Kier alpha value is -1.77. The lowest BCUT2D eigenvalue weighted by Gasteiger charge is -2.30. The van der Waals surface area contributed by atoms with E-state index in [2.05, 4.69) is 25.2 Å². The molecule has 1 atom stereocenters. The van der Waals surface area contributed by atoms with Crippen molar-refractivity contribution in [1.29, 1.82) is 0 Å². The first-order chi connectivity index (χ1) is 11.3. The van der Waals surface area contributed by atoms with Crippen molar-refractivity contribution in [2.24, 2.45) is 0 Å². The van der Waals surface area contributed by atoms with Gasteiger partial charge in [0.1, 0.15) is 12.4 Å². The highest BCUT2D eigenvalue weighted by Gasteiger charge is 2.24. The van der Waals surface area contributed by atoms with Crippen LogP contribution in [0, 0.1) is 0 Å². The molecule has 2 rings (SSSR count). The van der Waals surface area contributed by atoms with Gasteiger partial charge < -0.3 is 10.1 Å². The first-order valence-corrected chi connectivity index (χ1v) is 8.91. The Kier molecular flexibility index (Phi) is 7.18. The van der Waals surface area contributed by atoms with E-state index < -0.39 is 0 Å². The van der Waals surface area contributed by atoms with E-state index in [1.807, 2.05) is 18.2 Å². The second-order valence-corrected chi connectivity index (χ2v) is 6.29. The van der Waals surface area contributed by atoms with Crippen LogP contribution in [0.2, 0.25) is 0 Å². The molecule has 1 aromatic carbocycles. The molecule has 3 nitrogen and oxygen atoms in total. The van der Waals surface area contributed by atoms with E-state index in [0.29, 0.717) is 6.04 Å². The normalized spacial score (nSPS) is 16.7. The highest BCUT2D eigenvalue weighted by Crippen LogP contribution is 2.35. The number of hydrogen-bond donors (Lipinski definition) is 1. The summed E-state index contributed by atoms with van der Waals surface area (Å²) in [6, 6.07) is 8.48. The van der Waals surface area contributed by atoms with Crippen LogP contribution in [-0.2, 0) is 9.53 Å². The number of carbonyl (C=O) groups is 1. The summed E-state index contributed by atoms with van der Waals surface area (Å²) < 4.78 is 5.73. The maximum atomic E-state index is 10.7. The van der Waals surface area contributed by atoms with Gasteiger partial charge in [-0.1, -0.05) is 57.6 Å². The van der Waals surface area contributed by atoms with Crippen LogP contribution in [-0.4, -0.2) is 18.9 Å². The minimum Gasteiger partial charge on any atom is -0.485 e. The number of carbonyl (C=O) groups excluding carboxylic acids is 1. The number of anilines is 1. The number of hydrogen-bond acceptors (Lipinski definition) is 3. The zero-order valence-corrected chi connectivity index (χ0v) is 14.4. The van der Waals surface area contributed by atoms with Crippen molar-refractivity contribution in [3.63, 3.8) is 0 Å². The number of unbranched alkanes of at least 4 members (excludes halogenated alkanes) is 5. The van der Waals surface area contributed by atoms with Crippen molar-refractivity contribution in [3.8, 4) is 0 Å². The van der Waals surface area contributed by atoms with E-state index in [1.165, 1.54) is 44.1 Å². The van der Waals surface area contributed by atoms with Gasteiger partial charge in [0, 0.05) is 11.3 Å². The highest BCUT2D eigenvalue weighted by atomic mass is 16.5. The number of para-hydroxylation sites is 1. The summed E-state index contributed by atoms with van der Waals surface area (Å²) in [5.41, 5.74) is 3.38. The zero-order chi connectivity index (χ0) is 16.5. The van der Waals surface area contributed by atoms with Crippen molar-refractivity contribution in [1.82, 2.24) is 0 Å². The lowest BCUT2D eigenvalue weighted by atomic mass is 9.93. The third-order valence-electron chi connectivity index (χ3n) is 4.52. The predicted octanol–water partition coefficient (Wildman–Crippen LogP) is 5.18. The maximum Gasteiger partial charge on any atom is 0.157 e. The van der Waals surface area contributed by atoms with Gasteiger partial charge in [-0.25, -0.2) is 0 Å². The van der Waals surface area contributed by atoms with Crippen LogP contribution in [0.3, 0.4) is 0 Å². The van der Waals surface area contributed by atoms with Gasteiger partial charge in [-0.3, -0.25) is 4.79 Å². The Morgan fingerprint density at radius 2 is 1.87 bits per heavy atom. The van der Waals surface area contributed by atoms with Gasteiger partial charge in [0.2, 0.25) is 0 Å². The fraction of sp³-hybridized carbons (Fsp3) is 0.550. The average Bonchev–Trinajstić information content (AvgIpc) is 2.57. The predicted molar refractivity (Wildman–Crippen MR) is 96.5 cm³/mol. The lowest BCUT2D eigenvalue weighted by Crippen LogP contribution is -2.27. The molecule has 23 heavy (non-hydrogen) atoms. The minimum atomic E-state index is 0.116. The number of benzene rings is 1. The zero-order valence-electron chi connectivity index (χ0n) is 14.4. The van der Waals surface area contributed by atoms with Crippen LogP contribution in [0.25, 0.3) is 5.76 Å². The molecule has 0 radical (unpaired) electrons. The molecule has 1 unspecified atom stereocenters. The molecule has 0 aromatic heterocycles. The Bertz CT molecular complexity index is 536. The van der Waals surface area contributed by atoms with Crippen molar-refractivity contribution in [3.05, 3.63) is 35.4 Å². The van der Waals surface area contributed by atoms with Gasteiger partial charge in [-0.2, -0.15) is 0 Å². The third-order valence-corrected chi connectivity index (χ3v) is 4.52. The summed E-state index contributed by atoms with van der Waals surface area (Å²) in [7, 11) is 0. The van der Waals surface area contributed by atoms with Gasteiger partial charge in [-0.15, -0.1) is 0 Å². The first-order valence-electron chi connectivity index (χ1n) is 8.91. The molecule has 1 N–H and O–H groups in total. The molecular formula is C20H29NO2. The molecule has 0 aliphatic carbocycles. The molecular weight excluding hydrogens is 286 g/mol. The van der Waals surface area contributed by atoms with E-state index in [0.717, 1.165) is 29.7 Å². The molecule has 1 heterocycles. The topological polar surface area (TPSA) is 38.3 Å². The second-order valence-electron chi connectivity index (χ2n) is 6.29. The molecule has 3 heteroatoms. The van der Waals surface area contributed by atoms with E-state index in [9.17, 15) is 4.79 Å². The summed E-state index contributed by atoms with van der Waals surface area (Å²) in [6.45, 7) is 4.48. The molecule has 1 aliphatic heterocycles. The summed E-state index contributed by atoms with van der Waals surface area (Å²) in [4.78, 5) is 10.7. The van der Waals surface area contributed by atoms with Crippen molar-refractivity contribution < 1.29 is 9.53 Å². The summed E-state index contributed by atoms with van der Waals surface area (Å²) in [5.74, 6) is 0.877. The molecule has 0 bridgehead atoms. The Morgan fingerprint density at radius 1 is 1.13 bits per heavy atom. The van der Waals surface area contributed by atoms with E-state index in [1.54, 1.807) is 0 Å². The Balaban J connectivity index is 1.99. The van der Waals surface area contributed by atoms with Crippen LogP contribution in [0.5, 0.6) is 0 Å². The van der Waals surface area contributed by atoms with Gasteiger partial charge in [-0.05, 0) is 31.1 Å². The lowest BCUT2D eigenvalue weighted by molar-refractivity contribution is -0.110. The van der Waals surface area contributed by atoms with E-state index in [-0.39, 0.29) is 6.61 Å². The number of fused-ring (bicyclic) bond motifs is 1. The van der Waals surface area contributed by atoms with Crippen LogP contribution < -0.4 is 5.32 Å². The second kappa shape index (κ2) is 9.39. The number of nitrogens with one attached hydrogen (secondary N) is 1. The number of aldehydes is 1. The largest absolute Gasteiger partial charge is 0.485 e. The fourth-order valence-electron chi connectivity index (χ4n) is 3.20. The van der Waals surface area contributed by atoms with E-state index >= 15 is 0 Å². The van der Waals surface area contributed by atoms with Crippen LogP contribution in [0.15, 0.2) is 29.8 Å². The SMILES string of the molecule is CCCCCCCCC1Nc2ccccc2C(OCC=O)=C1C. The smallest absolute Gasteiger partial charge is 0.157 e. The molecule has 126 valence electrons. The first kappa shape index (κ1) is 17.6. The highest BCUT2D eigenvalue weighted by molar-refractivity contribution is 5.79. The molecule has 1 aromatic rings. The van der Waals surface area contributed by atoms with Gasteiger partial charge in [0.15, 0.2) is 6.29 Å². The van der Waals surface area contributed by atoms with Crippen LogP contribution >= 0.6 is 0 Å². The molecule has 0 spiro atoms. The van der Waals surface area contributed by atoms with E-state index in [4.69, 9.17) is 4.74 Å². The van der Waals surface area contributed by atoms with Crippen molar-refractivity contribution >= 4 is 17.7 Å². The van der Waals surface area contributed by atoms with Crippen LogP contribution in [0.1, 0.15) is 64.4 Å². The monoisotopic (exact) mass is 315 g/mol. The van der Waals surface area contributed by atoms with Crippen molar-refractivity contribution in [2.75, 3.05) is 11.9 Å². The van der Waals surface area contributed by atoms with Crippen molar-refractivity contribution in [2.45, 2.75) is 64.8 Å². The summed E-state index contributed by atoms with van der Waals surface area (Å²) in [5, 5.41) is 3.63. The Morgan fingerprint density at radius 3 is 2.65 bits per heavy atom. The average molecular weight is 315 g/mol. The molecule has 0 saturated carbocycles. The van der Waals surface area contributed by atoms with Gasteiger partial charge >= 0.3 is 0 Å². The van der Waals surface area contributed by atoms with Gasteiger partial charge in [0.05, 0.1) is 6.04 Å². The molecule has 1 aliphatic rings.